The maximum atomic E-state index is 6.10. The van der Waals surface area contributed by atoms with E-state index in [1.807, 2.05) is 18.2 Å². The Morgan fingerprint density at radius 2 is 2.13 bits per heavy atom. The first-order valence-electron chi connectivity index (χ1n) is 5.17. The normalized spacial score (nSPS) is 10.7. The number of rotatable bonds is 5. The molecule has 0 aromatic heterocycles. The predicted molar refractivity (Wildman–Crippen MR) is 64.5 cm³/mol. The lowest BCUT2D eigenvalue weighted by Crippen LogP contribution is -2.19. The molecule has 15 heavy (non-hydrogen) atoms. The SMILES string of the molecule is COc1cccc(Cl)c1CNCC(C)C. The summed E-state index contributed by atoms with van der Waals surface area (Å²) in [6.45, 7) is 6.09. The van der Waals surface area contributed by atoms with Gasteiger partial charge in [0.1, 0.15) is 5.75 Å². The minimum atomic E-state index is 0.637. The van der Waals surface area contributed by atoms with Crippen molar-refractivity contribution < 1.29 is 4.74 Å². The van der Waals surface area contributed by atoms with Crippen LogP contribution in [0.4, 0.5) is 0 Å². The number of benzene rings is 1. The van der Waals surface area contributed by atoms with Crippen molar-refractivity contribution in [1.29, 1.82) is 0 Å². The number of hydrogen-bond donors (Lipinski definition) is 1. The van der Waals surface area contributed by atoms with Crippen molar-refractivity contribution in [2.24, 2.45) is 5.92 Å². The summed E-state index contributed by atoms with van der Waals surface area (Å²) in [5, 5.41) is 4.11. The maximum Gasteiger partial charge on any atom is 0.124 e. The van der Waals surface area contributed by atoms with Crippen LogP contribution in [0.25, 0.3) is 0 Å². The van der Waals surface area contributed by atoms with E-state index in [9.17, 15) is 0 Å². The van der Waals surface area contributed by atoms with Crippen LogP contribution in [0.3, 0.4) is 0 Å². The molecule has 0 atom stereocenters. The number of nitrogens with one attached hydrogen (secondary N) is 1. The van der Waals surface area contributed by atoms with Gasteiger partial charge in [0.15, 0.2) is 0 Å². The van der Waals surface area contributed by atoms with E-state index in [2.05, 4.69) is 19.2 Å². The highest BCUT2D eigenvalue weighted by molar-refractivity contribution is 6.31. The molecule has 0 aliphatic carbocycles. The third-order valence-electron chi connectivity index (χ3n) is 2.15. The standard InChI is InChI=1S/C12H18ClNO/c1-9(2)7-14-8-10-11(13)5-4-6-12(10)15-3/h4-6,9,14H,7-8H2,1-3H3. The molecular weight excluding hydrogens is 210 g/mol. The highest BCUT2D eigenvalue weighted by Crippen LogP contribution is 2.25. The van der Waals surface area contributed by atoms with Crippen LogP contribution in [0.15, 0.2) is 18.2 Å². The Balaban J connectivity index is 2.66. The summed E-state index contributed by atoms with van der Waals surface area (Å²) in [7, 11) is 1.66. The van der Waals surface area contributed by atoms with Crippen molar-refractivity contribution in [2.45, 2.75) is 20.4 Å². The molecular formula is C12H18ClNO. The number of halogens is 1. The first kappa shape index (κ1) is 12.3. The summed E-state index contributed by atoms with van der Waals surface area (Å²) in [5.74, 6) is 1.48. The zero-order valence-electron chi connectivity index (χ0n) is 9.51. The van der Waals surface area contributed by atoms with Crippen LogP contribution in [-0.2, 0) is 6.54 Å². The van der Waals surface area contributed by atoms with Crippen LogP contribution in [0, 0.1) is 5.92 Å². The fraction of sp³-hybridized carbons (Fsp3) is 0.500. The van der Waals surface area contributed by atoms with Gasteiger partial charge in [-0.05, 0) is 24.6 Å². The fourth-order valence-corrected chi connectivity index (χ4v) is 1.62. The van der Waals surface area contributed by atoms with Gasteiger partial charge in [0, 0.05) is 17.1 Å². The van der Waals surface area contributed by atoms with Crippen LogP contribution >= 0.6 is 11.6 Å². The zero-order chi connectivity index (χ0) is 11.3. The van der Waals surface area contributed by atoms with Crippen molar-refractivity contribution in [2.75, 3.05) is 13.7 Å². The maximum absolute atomic E-state index is 6.10. The molecule has 0 saturated heterocycles. The summed E-state index contributed by atoms with van der Waals surface area (Å²) in [4.78, 5) is 0. The van der Waals surface area contributed by atoms with E-state index in [0.29, 0.717) is 5.92 Å². The van der Waals surface area contributed by atoms with E-state index < -0.39 is 0 Å². The second-order valence-corrected chi connectivity index (χ2v) is 4.35. The summed E-state index contributed by atoms with van der Waals surface area (Å²) < 4.78 is 5.26. The largest absolute Gasteiger partial charge is 0.496 e. The minimum Gasteiger partial charge on any atom is -0.496 e. The number of ether oxygens (including phenoxy) is 1. The molecule has 0 aliphatic rings. The monoisotopic (exact) mass is 227 g/mol. The Labute approximate surface area is 96.6 Å². The average molecular weight is 228 g/mol. The van der Waals surface area contributed by atoms with Crippen molar-refractivity contribution >= 4 is 11.6 Å². The Kier molecular flexibility index (Phi) is 4.92. The molecule has 3 heteroatoms. The molecule has 1 rings (SSSR count). The van der Waals surface area contributed by atoms with Crippen molar-refractivity contribution in [3.05, 3.63) is 28.8 Å². The van der Waals surface area contributed by atoms with E-state index in [-0.39, 0.29) is 0 Å². The van der Waals surface area contributed by atoms with Crippen LogP contribution in [0.5, 0.6) is 5.75 Å². The second-order valence-electron chi connectivity index (χ2n) is 3.95. The van der Waals surface area contributed by atoms with Gasteiger partial charge in [-0.1, -0.05) is 31.5 Å². The van der Waals surface area contributed by atoms with Gasteiger partial charge < -0.3 is 10.1 Å². The van der Waals surface area contributed by atoms with E-state index in [1.165, 1.54) is 0 Å². The lowest BCUT2D eigenvalue weighted by Gasteiger charge is -2.12. The van der Waals surface area contributed by atoms with Gasteiger partial charge in [-0.25, -0.2) is 0 Å². The molecule has 1 N–H and O–H groups in total. The molecule has 0 fully saturated rings. The van der Waals surface area contributed by atoms with E-state index >= 15 is 0 Å². The van der Waals surface area contributed by atoms with Crippen molar-refractivity contribution in [3.8, 4) is 5.75 Å². The van der Waals surface area contributed by atoms with Gasteiger partial charge in [-0.15, -0.1) is 0 Å². The van der Waals surface area contributed by atoms with Crippen LogP contribution in [-0.4, -0.2) is 13.7 Å². The van der Waals surface area contributed by atoms with Gasteiger partial charge in [-0.3, -0.25) is 0 Å². The Bertz CT molecular complexity index is 312. The molecule has 1 aromatic rings. The lowest BCUT2D eigenvalue weighted by molar-refractivity contribution is 0.406. The third-order valence-corrected chi connectivity index (χ3v) is 2.50. The Morgan fingerprint density at radius 3 is 2.73 bits per heavy atom. The van der Waals surface area contributed by atoms with Gasteiger partial charge in [0.05, 0.1) is 7.11 Å². The van der Waals surface area contributed by atoms with Crippen LogP contribution < -0.4 is 10.1 Å². The van der Waals surface area contributed by atoms with Crippen LogP contribution in [0.1, 0.15) is 19.4 Å². The molecule has 84 valence electrons. The molecule has 1 aromatic carbocycles. The molecule has 2 nitrogen and oxygen atoms in total. The lowest BCUT2D eigenvalue weighted by atomic mass is 10.2. The average Bonchev–Trinajstić information content (AvgIpc) is 2.20. The summed E-state index contributed by atoms with van der Waals surface area (Å²) >= 11 is 6.10. The third kappa shape index (κ3) is 3.73. The van der Waals surface area contributed by atoms with Gasteiger partial charge in [0.25, 0.3) is 0 Å². The molecule has 0 heterocycles. The summed E-state index contributed by atoms with van der Waals surface area (Å²) in [5.41, 5.74) is 1.03. The van der Waals surface area contributed by atoms with Gasteiger partial charge >= 0.3 is 0 Å². The van der Waals surface area contributed by atoms with Gasteiger partial charge in [0.2, 0.25) is 0 Å². The molecule has 0 spiro atoms. The first-order valence-corrected chi connectivity index (χ1v) is 5.55. The highest BCUT2D eigenvalue weighted by Gasteiger charge is 2.06. The van der Waals surface area contributed by atoms with E-state index in [1.54, 1.807) is 7.11 Å². The number of hydrogen-bond acceptors (Lipinski definition) is 2. The van der Waals surface area contributed by atoms with E-state index in [4.69, 9.17) is 16.3 Å². The van der Waals surface area contributed by atoms with E-state index in [0.717, 1.165) is 29.4 Å². The summed E-state index contributed by atoms with van der Waals surface area (Å²) in [6, 6.07) is 5.71. The van der Waals surface area contributed by atoms with Crippen LogP contribution in [0.2, 0.25) is 5.02 Å². The Hall–Kier alpha value is -0.730. The topological polar surface area (TPSA) is 21.3 Å². The highest BCUT2D eigenvalue weighted by atomic mass is 35.5. The smallest absolute Gasteiger partial charge is 0.124 e. The molecule has 0 aliphatic heterocycles. The molecule has 0 saturated carbocycles. The zero-order valence-corrected chi connectivity index (χ0v) is 10.3. The predicted octanol–water partition coefficient (Wildman–Crippen LogP) is 3.09. The molecule has 0 unspecified atom stereocenters. The van der Waals surface area contributed by atoms with Crippen molar-refractivity contribution in [1.82, 2.24) is 5.32 Å². The fourth-order valence-electron chi connectivity index (χ4n) is 1.39. The molecule has 0 amide bonds. The molecule has 0 bridgehead atoms. The molecule has 0 radical (unpaired) electrons. The Morgan fingerprint density at radius 1 is 1.40 bits per heavy atom. The quantitative estimate of drug-likeness (QED) is 0.835. The first-order chi connectivity index (χ1) is 7.15. The number of methoxy groups -OCH3 is 1. The van der Waals surface area contributed by atoms with Gasteiger partial charge in [-0.2, -0.15) is 0 Å². The minimum absolute atomic E-state index is 0.637. The van der Waals surface area contributed by atoms with Crippen molar-refractivity contribution in [3.63, 3.8) is 0 Å². The second kappa shape index (κ2) is 5.99. The summed E-state index contributed by atoms with van der Waals surface area (Å²) in [6.07, 6.45) is 0.